The Kier molecular flexibility index (Phi) is 3.49. The van der Waals surface area contributed by atoms with Gasteiger partial charge in [-0.25, -0.2) is 13.4 Å². The van der Waals surface area contributed by atoms with Gasteiger partial charge < -0.3 is 5.32 Å². The maximum Gasteiger partial charge on any atom is 0.182 e. The number of hydrogen-bond donors (Lipinski definition) is 1. The number of thiazole rings is 1. The van der Waals surface area contributed by atoms with Crippen LogP contribution in [0.3, 0.4) is 0 Å². The van der Waals surface area contributed by atoms with Crippen molar-refractivity contribution in [1.29, 1.82) is 0 Å². The molecule has 1 aliphatic heterocycles. The number of aryl methyl sites for hydroxylation is 1. The lowest BCUT2D eigenvalue weighted by atomic mass is 10.2. The molecule has 1 saturated heterocycles. The van der Waals surface area contributed by atoms with Gasteiger partial charge in [0.05, 0.1) is 16.7 Å². The average Bonchev–Trinajstić information content (AvgIpc) is 2.81. The van der Waals surface area contributed by atoms with Crippen molar-refractivity contribution >= 4 is 26.3 Å². The van der Waals surface area contributed by atoms with E-state index in [0.29, 0.717) is 12.3 Å². The summed E-state index contributed by atoms with van der Waals surface area (Å²) in [7, 11) is -2.84. The zero-order valence-corrected chi connectivity index (χ0v) is 10.9. The van der Waals surface area contributed by atoms with Crippen molar-refractivity contribution in [3.05, 3.63) is 11.1 Å². The minimum Gasteiger partial charge on any atom is -0.360 e. The summed E-state index contributed by atoms with van der Waals surface area (Å²) in [5.41, 5.74) is 1.06. The molecule has 0 bridgehead atoms. The van der Waals surface area contributed by atoms with Crippen LogP contribution in [0.5, 0.6) is 0 Å². The Morgan fingerprint density at radius 3 is 3.00 bits per heavy atom. The van der Waals surface area contributed by atoms with Gasteiger partial charge in [0, 0.05) is 11.9 Å². The lowest BCUT2D eigenvalue weighted by Gasteiger charge is -2.09. The van der Waals surface area contributed by atoms with Crippen LogP contribution in [0.2, 0.25) is 0 Å². The van der Waals surface area contributed by atoms with Gasteiger partial charge in [0.1, 0.15) is 0 Å². The molecule has 0 spiro atoms. The first-order valence-electron chi connectivity index (χ1n) is 5.51. The number of nitrogens with one attached hydrogen (secondary N) is 1. The van der Waals surface area contributed by atoms with Gasteiger partial charge in [-0.1, -0.05) is 6.92 Å². The fourth-order valence-electron chi connectivity index (χ4n) is 1.84. The molecule has 0 aromatic carbocycles. The first-order valence-corrected chi connectivity index (χ1v) is 8.11. The van der Waals surface area contributed by atoms with Gasteiger partial charge in [-0.2, -0.15) is 0 Å². The van der Waals surface area contributed by atoms with E-state index in [9.17, 15) is 8.42 Å². The predicted molar refractivity (Wildman–Crippen MR) is 66.8 cm³/mol. The second-order valence-corrected chi connectivity index (χ2v) is 7.27. The normalized spacial score (nSPS) is 23.4. The van der Waals surface area contributed by atoms with E-state index in [2.05, 4.69) is 17.2 Å². The Labute approximate surface area is 100 Å². The highest BCUT2D eigenvalue weighted by molar-refractivity contribution is 7.92. The molecule has 1 aliphatic rings. The molecule has 1 aromatic heterocycles. The zero-order chi connectivity index (χ0) is 11.6. The predicted octanol–water partition coefficient (Wildman–Crippen LogP) is 1.69. The second kappa shape index (κ2) is 4.71. The minimum absolute atomic E-state index is 0.221. The molecule has 90 valence electrons. The summed E-state index contributed by atoms with van der Waals surface area (Å²) < 4.78 is 23.2. The molecule has 0 saturated carbocycles. The molecule has 1 atom stereocenters. The summed E-state index contributed by atoms with van der Waals surface area (Å²) in [6, 6.07) is 0. The fourth-order valence-corrected chi connectivity index (χ4v) is 4.41. The third kappa shape index (κ3) is 2.55. The summed E-state index contributed by atoms with van der Waals surface area (Å²) in [5, 5.41) is 5.74. The largest absolute Gasteiger partial charge is 0.360 e. The van der Waals surface area contributed by atoms with E-state index in [-0.39, 0.29) is 5.25 Å². The van der Waals surface area contributed by atoms with Gasteiger partial charge in [-0.3, -0.25) is 0 Å². The van der Waals surface area contributed by atoms with Crippen molar-refractivity contribution in [1.82, 2.24) is 4.98 Å². The summed E-state index contributed by atoms with van der Waals surface area (Å²) in [5.74, 6) is 0.345. The molecule has 6 heteroatoms. The van der Waals surface area contributed by atoms with Crippen LogP contribution < -0.4 is 5.32 Å². The highest BCUT2D eigenvalue weighted by Crippen LogP contribution is 2.22. The third-order valence-corrected chi connectivity index (χ3v) is 5.98. The monoisotopic (exact) mass is 260 g/mol. The number of sulfone groups is 1. The lowest BCUT2D eigenvalue weighted by Crippen LogP contribution is -2.24. The molecule has 1 unspecified atom stereocenters. The molecule has 4 nitrogen and oxygen atoms in total. The number of anilines is 1. The van der Waals surface area contributed by atoms with Crippen molar-refractivity contribution in [2.24, 2.45) is 0 Å². The summed E-state index contributed by atoms with van der Waals surface area (Å²) in [4.78, 5) is 4.35. The van der Waals surface area contributed by atoms with Gasteiger partial charge in [0.15, 0.2) is 15.0 Å². The highest BCUT2D eigenvalue weighted by atomic mass is 32.2. The van der Waals surface area contributed by atoms with Crippen LogP contribution in [0.15, 0.2) is 5.38 Å². The quantitative estimate of drug-likeness (QED) is 0.895. The van der Waals surface area contributed by atoms with Crippen molar-refractivity contribution in [3.8, 4) is 0 Å². The number of nitrogens with zero attached hydrogens (tertiary/aromatic N) is 1. The first kappa shape index (κ1) is 11.9. The number of aromatic nitrogens is 1. The molecule has 2 heterocycles. The Hall–Kier alpha value is -0.620. The van der Waals surface area contributed by atoms with Crippen LogP contribution in [0, 0.1) is 0 Å². The van der Waals surface area contributed by atoms with E-state index in [4.69, 9.17) is 0 Å². The maximum absolute atomic E-state index is 11.6. The van der Waals surface area contributed by atoms with Gasteiger partial charge in [0.25, 0.3) is 0 Å². The van der Waals surface area contributed by atoms with Crippen molar-refractivity contribution in [3.63, 3.8) is 0 Å². The van der Waals surface area contributed by atoms with E-state index in [0.717, 1.165) is 30.1 Å². The zero-order valence-electron chi connectivity index (χ0n) is 9.27. The van der Waals surface area contributed by atoms with Crippen LogP contribution in [-0.4, -0.2) is 30.9 Å². The molecule has 1 aromatic rings. The average molecular weight is 260 g/mol. The Morgan fingerprint density at radius 2 is 2.44 bits per heavy atom. The van der Waals surface area contributed by atoms with E-state index >= 15 is 0 Å². The van der Waals surface area contributed by atoms with Gasteiger partial charge in [-0.05, 0) is 19.3 Å². The van der Waals surface area contributed by atoms with E-state index < -0.39 is 9.84 Å². The molecular formula is C10H16N2O2S2. The second-order valence-electron chi connectivity index (χ2n) is 4.01. The van der Waals surface area contributed by atoms with Crippen LogP contribution >= 0.6 is 11.3 Å². The lowest BCUT2D eigenvalue weighted by molar-refractivity contribution is 0.591. The molecule has 0 aliphatic carbocycles. The van der Waals surface area contributed by atoms with Crippen LogP contribution in [0.1, 0.15) is 25.5 Å². The molecule has 0 radical (unpaired) electrons. The van der Waals surface area contributed by atoms with Crippen LogP contribution in [-0.2, 0) is 16.3 Å². The molecule has 16 heavy (non-hydrogen) atoms. The molecular weight excluding hydrogens is 244 g/mol. The first-order chi connectivity index (χ1) is 7.62. The van der Waals surface area contributed by atoms with Gasteiger partial charge in [0.2, 0.25) is 0 Å². The van der Waals surface area contributed by atoms with E-state index in [1.54, 1.807) is 11.3 Å². The maximum atomic E-state index is 11.6. The van der Waals surface area contributed by atoms with Crippen molar-refractivity contribution in [2.75, 3.05) is 17.6 Å². The minimum atomic E-state index is -2.84. The summed E-state index contributed by atoms with van der Waals surface area (Å²) in [6.07, 6.45) is 2.49. The highest BCUT2D eigenvalue weighted by Gasteiger charge is 2.30. The fraction of sp³-hybridized carbons (Fsp3) is 0.700. The Bertz CT molecular complexity index is 453. The smallest absolute Gasteiger partial charge is 0.182 e. The molecule has 2 rings (SSSR count). The topological polar surface area (TPSA) is 59.1 Å². The molecule has 0 amide bonds. The van der Waals surface area contributed by atoms with E-state index in [1.807, 2.05) is 5.38 Å². The summed E-state index contributed by atoms with van der Waals surface area (Å²) in [6.45, 7) is 2.55. The van der Waals surface area contributed by atoms with E-state index in [1.165, 1.54) is 0 Å². The van der Waals surface area contributed by atoms with Gasteiger partial charge >= 0.3 is 0 Å². The SMILES string of the molecule is CCc1csc(NCC2CCCS2(=O)=O)n1. The Morgan fingerprint density at radius 1 is 1.62 bits per heavy atom. The van der Waals surface area contributed by atoms with Crippen LogP contribution in [0.25, 0.3) is 0 Å². The van der Waals surface area contributed by atoms with Crippen molar-refractivity contribution in [2.45, 2.75) is 31.4 Å². The van der Waals surface area contributed by atoms with Gasteiger partial charge in [-0.15, -0.1) is 11.3 Å². The number of rotatable bonds is 4. The van der Waals surface area contributed by atoms with Crippen molar-refractivity contribution < 1.29 is 8.42 Å². The third-order valence-electron chi connectivity index (χ3n) is 2.86. The number of hydrogen-bond acceptors (Lipinski definition) is 5. The molecule has 1 fully saturated rings. The summed E-state index contributed by atoms with van der Waals surface area (Å²) >= 11 is 1.54. The standard InChI is InChI=1S/C10H16N2O2S2/c1-2-8-7-15-10(12-8)11-6-9-4-3-5-16(9,13)14/h7,9H,2-6H2,1H3,(H,11,12). The van der Waals surface area contributed by atoms with Crippen LogP contribution in [0.4, 0.5) is 5.13 Å². The Balaban J connectivity index is 1.92. The molecule has 1 N–H and O–H groups in total.